The number of hydrogen-bond donors (Lipinski definition) is 1. The Morgan fingerprint density at radius 2 is 2.24 bits per heavy atom. The van der Waals surface area contributed by atoms with Crippen LogP contribution in [0.3, 0.4) is 0 Å². The van der Waals surface area contributed by atoms with Gasteiger partial charge in [0, 0.05) is 12.5 Å². The molecule has 3 rings (SSSR count). The van der Waals surface area contributed by atoms with Crippen molar-refractivity contribution in [2.45, 2.75) is 44.8 Å². The van der Waals surface area contributed by atoms with Gasteiger partial charge < -0.3 is 9.84 Å². The minimum atomic E-state index is -0.572. The number of nitrogens with zero attached hydrogens (tertiary/aromatic N) is 2. The van der Waals surface area contributed by atoms with Crippen molar-refractivity contribution in [3.8, 4) is 5.75 Å². The lowest BCUT2D eigenvalue weighted by Crippen LogP contribution is -2.15. The van der Waals surface area contributed by atoms with Gasteiger partial charge in [-0.05, 0) is 30.4 Å². The first-order valence-corrected chi connectivity index (χ1v) is 7.61. The summed E-state index contributed by atoms with van der Waals surface area (Å²) in [7, 11) is 1.63. The Labute approximate surface area is 125 Å². The van der Waals surface area contributed by atoms with Crippen LogP contribution in [0.4, 0.5) is 0 Å². The summed E-state index contributed by atoms with van der Waals surface area (Å²) < 4.78 is 7.28. The van der Waals surface area contributed by atoms with E-state index in [1.54, 1.807) is 13.3 Å². The van der Waals surface area contributed by atoms with E-state index in [2.05, 4.69) is 30.2 Å². The van der Waals surface area contributed by atoms with Crippen molar-refractivity contribution in [3.05, 3.63) is 47.3 Å². The summed E-state index contributed by atoms with van der Waals surface area (Å²) in [6.07, 6.45) is 4.11. The standard InChI is InChI=1S/C17H22N2O2/c1-3-10-19-16(15(21-2)11-18-19)17(20)14-9-8-12-6-4-5-7-13(12)14/h4-7,11,14,17,20H,3,8-10H2,1-2H3. The molecule has 0 radical (unpaired) electrons. The number of methoxy groups -OCH3 is 1. The van der Waals surface area contributed by atoms with Gasteiger partial charge in [-0.15, -0.1) is 0 Å². The van der Waals surface area contributed by atoms with Crippen LogP contribution in [0.5, 0.6) is 5.75 Å². The fraction of sp³-hybridized carbons (Fsp3) is 0.471. The summed E-state index contributed by atoms with van der Waals surface area (Å²) in [6.45, 7) is 2.90. The maximum absolute atomic E-state index is 10.9. The maximum atomic E-state index is 10.9. The number of aliphatic hydroxyl groups excluding tert-OH is 1. The van der Waals surface area contributed by atoms with Crippen LogP contribution in [-0.4, -0.2) is 22.0 Å². The molecule has 2 aromatic rings. The summed E-state index contributed by atoms with van der Waals surface area (Å²) in [5, 5.41) is 15.3. The molecular weight excluding hydrogens is 264 g/mol. The molecule has 1 aromatic heterocycles. The third-order valence-corrected chi connectivity index (χ3v) is 4.34. The van der Waals surface area contributed by atoms with Gasteiger partial charge in [-0.3, -0.25) is 4.68 Å². The minimum absolute atomic E-state index is 0.127. The van der Waals surface area contributed by atoms with Crippen LogP contribution in [0.15, 0.2) is 30.5 Å². The first-order chi connectivity index (χ1) is 10.3. The Balaban J connectivity index is 1.96. The molecule has 1 heterocycles. The molecular formula is C17H22N2O2. The highest BCUT2D eigenvalue weighted by Gasteiger charge is 2.33. The molecule has 1 N–H and O–H groups in total. The van der Waals surface area contributed by atoms with E-state index in [1.165, 1.54) is 11.1 Å². The third kappa shape index (κ3) is 2.44. The fourth-order valence-corrected chi connectivity index (χ4v) is 3.33. The van der Waals surface area contributed by atoms with Gasteiger partial charge in [0.1, 0.15) is 11.8 Å². The topological polar surface area (TPSA) is 47.3 Å². The average Bonchev–Trinajstić information content (AvgIpc) is 3.10. The second-order valence-corrected chi connectivity index (χ2v) is 5.61. The number of rotatable bonds is 5. The molecule has 1 aliphatic rings. The Morgan fingerprint density at radius 1 is 1.43 bits per heavy atom. The lowest BCUT2D eigenvalue weighted by molar-refractivity contribution is 0.130. The Kier molecular flexibility index (Phi) is 3.97. The fourth-order valence-electron chi connectivity index (χ4n) is 3.33. The van der Waals surface area contributed by atoms with Crippen molar-refractivity contribution in [3.63, 3.8) is 0 Å². The first kappa shape index (κ1) is 14.1. The number of aromatic nitrogens is 2. The highest BCUT2D eigenvalue weighted by atomic mass is 16.5. The van der Waals surface area contributed by atoms with Crippen molar-refractivity contribution >= 4 is 0 Å². The monoisotopic (exact) mass is 286 g/mol. The zero-order chi connectivity index (χ0) is 14.8. The van der Waals surface area contributed by atoms with E-state index in [0.717, 1.165) is 31.5 Å². The van der Waals surface area contributed by atoms with Gasteiger partial charge in [0.15, 0.2) is 5.75 Å². The molecule has 0 aliphatic heterocycles. The zero-order valence-corrected chi connectivity index (χ0v) is 12.6. The van der Waals surface area contributed by atoms with Gasteiger partial charge in [0.2, 0.25) is 0 Å². The van der Waals surface area contributed by atoms with E-state index >= 15 is 0 Å². The van der Waals surface area contributed by atoms with E-state index in [4.69, 9.17) is 4.74 Å². The van der Waals surface area contributed by atoms with Crippen LogP contribution in [-0.2, 0) is 13.0 Å². The number of fused-ring (bicyclic) bond motifs is 1. The van der Waals surface area contributed by atoms with E-state index < -0.39 is 6.10 Å². The number of aryl methyl sites for hydroxylation is 2. The largest absolute Gasteiger partial charge is 0.493 e. The predicted molar refractivity (Wildman–Crippen MR) is 81.5 cm³/mol. The Hall–Kier alpha value is -1.81. The highest BCUT2D eigenvalue weighted by molar-refractivity contribution is 5.39. The highest BCUT2D eigenvalue weighted by Crippen LogP contribution is 2.43. The molecule has 0 amide bonds. The normalized spacial score (nSPS) is 18.5. The quantitative estimate of drug-likeness (QED) is 0.919. The number of ether oxygens (including phenoxy) is 1. The Morgan fingerprint density at radius 3 is 3.00 bits per heavy atom. The molecule has 1 aromatic carbocycles. The van der Waals surface area contributed by atoms with Gasteiger partial charge >= 0.3 is 0 Å². The summed E-state index contributed by atoms with van der Waals surface area (Å²) in [6, 6.07) is 8.39. The molecule has 1 aliphatic carbocycles. The molecule has 2 unspecified atom stereocenters. The predicted octanol–water partition coefficient (Wildman–Crippen LogP) is 3.07. The molecule has 21 heavy (non-hydrogen) atoms. The summed E-state index contributed by atoms with van der Waals surface area (Å²) in [5.74, 6) is 0.808. The minimum Gasteiger partial charge on any atom is -0.493 e. The summed E-state index contributed by atoms with van der Waals surface area (Å²) in [5.41, 5.74) is 3.42. The molecule has 0 spiro atoms. The van der Waals surface area contributed by atoms with Crippen LogP contribution >= 0.6 is 0 Å². The summed E-state index contributed by atoms with van der Waals surface area (Å²) >= 11 is 0. The maximum Gasteiger partial charge on any atom is 0.162 e. The molecule has 0 bridgehead atoms. The average molecular weight is 286 g/mol. The van der Waals surface area contributed by atoms with E-state index in [-0.39, 0.29) is 5.92 Å². The van der Waals surface area contributed by atoms with Gasteiger partial charge in [0.05, 0.1) is 13.3 Å². The molecule has 0 saturated heterocycles. The van der Waals surface area contributed by atoms with E-state index in [0.29, 0.717) is 5.75 Å². The van der Waals surface area contributed by atoms with Crippen LogP contribution in [0.25, 0.3) is 0 Å². The summed E-state index contributed by atoms with van der Waals surface area (Å²) in [4.78, 5) is 0. The molecule has 4 nitrogen and oxygen atoms in total. The van der Waals surface area contributed by atoms with Crippen LogP contribution < -0.4 is 4.74 Å². The number of hydrogen-bond acceptors (Lipinski definition) is 3. The molecule has 112 valence electrons. The molecule has 0 saturated carbocycles. The molecule has 2 atom stereocenters. The van der Waals surface area contributed by atoms with Gasteiger partial charge in [-0.1, -0.05) is 31.2 Å². The Bertz CT molecular complexity index is 621. The lowest BCUT2D eigenvalue weighted by atomic mass is 9.93. The smallest absolute Gasteiger partial charge is 0.162 e. The van der Waals surface area contributed by atoms with Crippen molar-refractivity contribution in [2.24, 2.45) is 0 Å². The van der Waals surface area contributed by atoms with E-state index in [9.17, 15) is 5.11 Å². The van der Waals surface area contributed by atoms with Crippen molar-refractivity contribution in [2.75, 3.05) is 7.11 Å². The molecule has 4 heteroatoms. The van der Waals surface area contributed by atoms with Gasteiger partial charge in [-0.2, -0.15) is 5.10 Å². The lowest BCUT2D eigenvalue weighted by Gasteiger charge is -2.21. The number of aliphatic hydroxyl groups is 1. The van der Waals surface area contributed by atoms with Crippen LogP contribution in [0.1, 0.15) is 48.6 Å². The van der Waals surface area contributed by atoms with Crippen molar-refractivity contribution in [1.82, 2.24) is 9.78 Å². The number of benzene rings is 1. The van der Waals surface area contributed by atoms with Crippen LogP contribution in [0.2, 0.25) is 0 Å². The van der Waals surface area contributed by atoms with Crippen LogP contribution in [0, 0.1) is 0 Å². The van der Waals surface area contributed by atoms with Gasteiger partial charge in [-0.25, -0.2) is 0 Å². The SMILES string of the molecule is CCCn1ncc(OC)c1C(O)C1CCc2ccccc21. The van der Waals surface area contributed by atoms with Crippen molar-refractivity contribution in [1.29, 1.82) is 0 Å². The van der Waals surface area contributed by atoms with E-state index in [1.807, 2.05) is 10.7 Å². The third-order valence-electron chi connectivity index (χ3n) is 4.34. The zero-order valence-electron chi connectivity index (χ0n) is 12.6. The van der Waals surface area contributed by atoms with Gasteiger partial charge in [0.25, 0.3) is 0 Å². The molecule has 0 fully saturated rings. The second kappa shape index (κ2) is 5.90. The van der Waals surface area contributed by atoms with Crippen molar-refractivity contribution < 1.29 is 9.84 Å². The second-order valence-electron chi connectivity index (χ2n) is 5.61. The first-order valence-electron chi connectivity index (χ1n) is 7.61.